The summed E-state index contributed by atoms with van der Waals surface area (Å²) in [5, 5.41) is 9.20. The van der Waals surface area contributed by atoms with E-state index < -0.39 is 0 Å². The Bertz CT molecular complexity index is 1070. The fourth-order valence-electron chi connectivity index (χ4n) is 3.06. The molecule has 2 heterocycles. The van der Waals surface area contributed by atoms with Gasteiger partial charge in [0, 0.05) is 48.7 Å². The first-order valence-electron chi connectivity index (χ1n) is 9.80. The zero-order valence-corrected chi connectivity index (χ0v) is 17.8. The summed E-state index contributed by atoms with van der Waals surface area (Å²) < 4.78 is 4.71. The number of nitrogens with zero attached hydrogens (tertiary/aromatic N) is 3. The van der Waals surface area contributed by atoms with E-state index in [1.165, 1.54) is 7.11 Å². The number of carbonyl (C=O) groups is 2. The summed E-state index contributed by atoms with van der Waals surface area (Å²) in [5.74, 6) is -0.380. The van der Waals surface area contributed by atoms with E-state index in [9.17, 15) is 9.59 Å². The second kappa shape index (κ2) is 10.3. The summed E-state index contributed by atoms with van der Waals surface area (Å²) in [5.41, 5.74) is 5.31. The molecule has 0 saturated carbocycles. The van der Waals surface area contributed by atoms with Crippen LogP contribution in [-0.4, -0.2) is 56.2 Å². The summed E-state index contributed by atoms with van der Waals surface area (Å²) in [4.78, 5) is 30.6. The fraction of sp³-hybridized carbons (Fsp3) is 0.217. The minimum atomic E-state index is -0.380. The molecule has 0 bridgehead atoms. The highest BCUT2D eigenvalue weighted by molar-refractivity contribution is 5.89. The maximum absolute atomic E-state index is 11.5. The van der Waals surface area contributed by atoms with Crippen LogP contribution in [0.25, 0.3) is 11.3 Å². The Kier molecular flexibility index (Phi) is 7.29. The lowest BCUT2D eigenvalue weighted by Gasteiger charge is -2.13. The van der Waals surface area contributed by atoms with Crippen molar-refractivity contribution in [1.82, 2.24) is 15.3 Å². The third-order valence-electron chi connectivity index (χ3n) is 4.80. The number of aldehydes is 1. The van der Waals surface area contributed by atoms with Gasteiger partial charge in [-0.15, -0.1) is 0 Å². The average Bonchev–Trinajstić information content (AvgIpc) is 3.24. The second-order valence-corrected chi connectivity index (χ2v) is 6.86. The standard InChI is InChI=1S/C23H25N5O3/c1-24-10-9-21-18(15-29)13-22(27-21)17-8-11-25-19(12-17)14-26-28(2)20-6-4-16(5-7-20)23(30)31-3/h4-8,11-15,24,27H,9-10H2,1-3H3/b26-14+. The lowest BCUT2D eigenvalue weighted by atomic mass is 10.1. The fourth-order valence-corrected chi connectivity index (χ4v) is 3.06. The quantitative estimate of drug-likeness (QED) is 0.239. The van der Waals surface area contributed by atoms with E-state index >= 15 is 0 Å². The van der Waals surface area contributed by atoms with Crippen molar-refractivity contribution < 1.29 is 14.3 Å². The highest BCUT2D eigenvalue weighted by Crippen LogP contribution is 2.22. The number of anilines is 1. The van der Waals surface area contributed by atoms with Crippen molar-refractivity contribution in [3.63, 3.8) is 0 Å². The van der Waals surface area contributed by atoms with Crippen molar-refractivity contribution in [2.75, 3.05) is 32.8 Å². The van der Waals surface area contributed by atoms with Crippen molar-refractivity contribution in [2.24, 2.45) is 5.10 Å². The number of hydrazone groups is 1. The minimum absolute atomic E-state index is 0.380. The average molecular weight is 419 g/mol. The maximum atomic E-state index is 11.5. The van der Waals surface area contributed by atoms with E-state index in [0.717, 1.165) is 41.9 Å². The number of nitrogens with one attached hydrogen (secondary N) is 2. The number of carbonyl (C=O) groups excluding carboxylic acids is 2. The molecule has 3 aromatic rings. The van der Waals surface area contributed by atoms with Crippen LogP contribution in [0.5, 0.6) is 0 Å². The molecule has 0 spiro atoms. The third-order valence-corrected chi connectivity index (χ3v) is 4.80. The van der Waals surface area contributed by atoms with Crippen LogP contribution in [0.4, 0.5) is 5.69 Å². The van der Waals surface area contributed by atoms with Crippen LogP contribution < -0.4 is 10.3 Å². The number of esters is 1. The van der Waals surface area contributed by atoms with Gasteiger partial charge in [-0.1, -0.05) is 0 Å². The molecular formula is C23H25N5O3. The van der Waals surface area contributed by atoms with Crippen LogP contribution >= 0.6 is 0 Å². The van der Waals surface area contributed by atoms with Gasteiger partial charge in [0.25, 0.3) is 0 Å². The Balaban J connectivity index is 1.76. The summed E-state index contributed by atoms with van der Waals surface area (Å²) in [6, 6.07) is 12.6. The van der Waals surface area contributed by atoms with Gasteiger partial charge < -0.3 is 15.0 Å². The zero-order chi connectivity index (χ0) is 22.2. The van der Waals surface area contributed by atoms with E-state index in [0.29, 0.717) is 16.8 Å². The van der Waals surface area contributed by atoms with Crippen LogP contribution in [0.15, 0.2) is 53.8 Å². The number of pyridine rings is 1. The molecule has 0 saturated heterocycles. The van der Waals surface area contributed by atoms with Gasteiger partial charge in [-0.05, 0) is 49.5 Å². The van der Waals surface area contributed by atoms with Gasteiger partial charge in [0.15, 0.2) is 6.29 Å². The molecule has 2 aromatic heterocycles. The van der Waals surface area contributed by atoms with Gasteiger partial charge in [0.1, 0.15) is 0 Å². The van der Waals surface area contributed by atoms with Crippen LogP contribution in [0, 0.1) is 0 Å². The molecule has 0 unspecified atom stereocenters. The number of likely N-dealkylation sites (N-methyl/N-ethyl adjacent to an activating group) is 1. The number of hydrogen-bond donors (Lipinski definition) is 2. The zero-order valence-electron chi connectivity index (χ0n) is 17.8. The number of methoxy groups -OCH3 is 1. The molecule has 3 rings (SSSR count). The molecular weight excluding hydrogens is 394 g/mol. The number of hydrogen-bond acceptors (Lipinski definition) is 7. The number of benzene rings is 1. The van der Waals surface area contributed by atoms with Crippen molar-refractivity contribution in [3.05, 3.63) is 71.2 Å². The number of aromatic amines is 1. The minimum Gasteiger partial charge on any atom is -0.465 e. The van der Waals surface area contributed by atoms with E-state index in [-0.39, 0.29) is 5.97 Å². The molecule has 0 radical (unpaired) electrons. The van der Waals surface area contributed by atoms with Crippen LogP contribution in [0.2, 0.25) is 0 Å². The molecule has 0 aliphatic carbocycles. The van der Waals surface area contributed by atoms with Gasteiger partial charge in [-0.2, -0.15) is 5.10 Å². The van der Waals surface area contributed by atoms with E-state index in [1.54, 1.807) is 41.7 Å². The van der Waals surface area contributed by atoms with Crippen LogP contribution in [0.1, 0.15) is 32.1 Å². The van der Waals surface area contributed by atoms with Gasteiger partial charge in [0.2, 0.25) is 0 Å². The van der Waals surface area contributed by atoms with E-state index in [1.807, 2.05) is 32.3 Å². The first-order chi connectivity index (χ1) is 15.0. The molecule has 0 aliphatic rings. The van der Waals surface area contributed by atoms with E-state index in [4.69, 9.17) is 4.74 Å². The highest BCUT2D eigenvalue weighted by atomic mass is 16.5. The summed E-state index contributed by atoms with van der Waals surface area (Å²) in [7, 11) is 5.04. The first kappa shape index (κ1) is 21.9. The number of H-pyrrole nitrogens is 1. The number of ether oxygens (including phenoxy) is 1. The lowest BCUT2D eigenvalue weighted by Crippen LogP contribution is -2.11. The SMILES string of the molecule is CNCCc1[nH]c(-c2ccnc(/C=N/N(C)c3ccc(C(=O)OC)cc3)c2)cc1C=O. The number of rotatable bonds is 9. The normalized spacial score (nSPS) is 10.9. The summed E-state index contributed by atoms with van der Waals surface area (Å²) in [6.07, 6.45) is 4.97. The summed E-state index contributed by atoms with van der Waals surface area (Å²) in [6.45, 7) is 0.780. The lowest BCUT2D eigenvalue weighted by molar-refractivity contribution is 0.0600. The van der Waals surface area contributed by atoms with Crippen molar-refractivity contribution in [2.45, 2.75) is 6.42 Å². The van der Waals surface area contributed by atoms with Crippen molar-refractivity contribution in [3.8, 4) is 11.3 Å². The predicted octanol–water partition coefficient (Wildman–Crippen LogP) is 2.91. The molecule has 31 heavy (non-hydrogen) atoms. The molecule has 8 nitrogen and oxygen atoms in total. The largest absolute Gasteiger partial charge is 0.465 e. The third kappa shape index (κ3) is 5.43. The summed E-state index contributed by atoms with van der Waals surface area (Å²) >= 11 is 0. The Labute approximate surface area is 181 Å². The first-order valence-corrected chi connectivity index (χ1v) is 9.80. The van der Waals surface area contributed by atoms with E-state index in [2.05, 4.69) is 20.4 Å². The van der Waals surface area contributed by atoms with Crippen molar-refractivity contribution in [1.29, 1.82) is 0 Å². The Morgan fingerprint density at radius 3 is 2.71 bits per heavy atom. The van der Waals surface area contributed by atoms with Gasteiger partial charge in [-0.25, -0.2) is 4.79 Å². The Hall–Kier alpha value is -3.78. The molecule has 8 heteroatoms. The van der Waals surface area contributed by atoms with Gasteiger partial charge in [-0.3, -0.25) is 14.8 Å². The Morgan fingerprint density at radius 1 is 1.26 bits per heavy atom. The molecule has 0 aliphatic heterocycles. The predicted molar refractivity (Wildman–Crippen MR) is 121 cm³/mol. The topological polar surface area (TPSA) is 99.7 Å². The van der Waals surface area contributed by atoms with Gasteiger partial charge in [0.05, 0.1) is 30.3 Å². The number of aromatic nitrogens is 2. The Morgan fingerprint density at radius 2 is 2.03 bits per heavy atom. The molecule has 160 valence electrons. The smallest absolute Gasteiger partial charge is 0.337 e. The van der Waals surface area contributed by atoms with Gasteiger partial charge >= 0.3 is 5.97 Å². The highest BCUT2D eigenvalue weighted by Gasteiger charge is 2.10. The molecule has 2 N–H and O–H groups in total. The van der Waals surface area contributed by atoms with Crippen molar-refractivity contribution >= 4 is 24.2 Å². The molecule has 0 atom stereocenters. The maximum Gasteiger partial charge on any atom is 0.337 e. The molecule has 1 aromatic carbocycles. The monoisotopic (exact) mass is 419 g/mol. The molecule has 0 amide bonds. The van der Waals surface area contributed by atoms with Crippen LogP contribution in [-0.2, 0) is 11.2 Å². The second-order valence-electron chi connectivity index (χ2n) is 6.86. The molecule has 0 fully saturated rings. The van der Waals surface area contributed by atoms with Crippen LogP contribution in [0.3, 0.4) is 0 Å².